The van der Waals surface area contributed by atoms with Crippen LogP contribution in [-0.2, 0) is 0 Å². The van der Waals surface area contributed by atoms with Crippen LogP contribution < -0.4 is 19.5 Å². The minimum atomic E-state index is -0.107. The van der Waals surface area contributed by atoms with Gasteiger partial charge in [-0.25, -0.2) is 9.97 Å². The number of carbonyl (C=O) groups is 1. The second-order valence-electron chi connectivity index (χ2n) is 7.25. The Labute approximate surface area is 216 Å². The van der Waals surface area contributed by atoms with Crippen molar-refractivity contribution < 1.29 is 19.0 Å². The molecule has 4 rings (SSSR count). The Bertz CT molecular complexity index is 1380. The van der Waals surface area contributed by atoms with E-state index in [0.717, 1.165) is 10.9 Å². The third kappa shape index (κ3) is 5.56. The lowest BCUT2D eigenvalue weighted by Gasteiger charge is -2.16. The third-order valence-corrected chi connectivity index (χ3v) is 6.67. The normalized spacial score (nSPS) is 10.8. The molecule has 3 aromatic carbocycles. The van der Waals surface area contributed by atoms with E-state index in [1.54, 1.807) is 51.7 Å². The number of ether oxygens (including phenoxy) is 3. The first-order valence-corrected chi connectivity index (χ1v) is 12.1. The van der Waals surface area contributed by atoms with Crippen LogP contribution in [0.5, 0.6) is 17.2 Å². The van der Waals surface area contributed by atoms with Gasteiger partial charge < -0.3 is 19.5 Å². The van der Waals surface area contributed by atoms with Crippen LogP contribution in [-0.4, -0.2) is 42.8 Å². The number of thioether (sulfide) groups is 1. The molecule has 7 nitrogen and oxygen atoms in total. The monoisotopic (exact) mass is 529 g/mol. The summed E-state index contributed by atoms with van der Waals surface area (Å²) in [7, 11) is 4.66. The molecule has 0 fully saturated rings. The summed E-state index contributed by atoms with van der Waals surface area (Å²) in [6.07, 6.45) is 0. The molecule has 10 heteroatoms. The number of para-hydroxylation sites is 1. The molecule has 35 heavy (non-hydrogen) atoms. The van der Waals surface area contributed by atoms with Gasteiger partial charge in [0.1, 0.15) is 5.82 Å². The highest BCUT2D eigenvalue weighted by Gasteiger charge is 2.16. The van der Waals surface area contributed by atoms with E-state index in [1.165, 1.54) is 11.8 Å². The van der Waals surface area contributed by atoms with Crippen molar-refractivity contribution in [2.24, 2.45) is 0 Å². The largest absolute Gasteiger partial charge is 0.493 e. The van der Waals surface area contributed by atoms with Crippen LogP contribution in [0.25, 0.3) is 10.9 Å². The number of halogens is 2. The molecule has 0 aliphatic carbocycles. The molecule has 4 aromatic rings. The van der Waals surface area contributed by atoms with Gasteiger partial charge >= 0.3 is 0 Å². The molecule has 0 aliphatic heterocycles. The number of nitrogens with zero attached hydrogens (tertiary/aromatic N) is 2. The minimum absolute atomic E-state index is 0.107. The van der Waals surface area contributed by atoms with Gasteiger partial charge in [-0.3, -0.25) is 4.79 Å². The number of anilines is 2. The highest BCUT2D eigenvalue weighted by molar-refractivity contribution is 7.99. The molecule has 0 saturated heterocycles. The SMILES string of the molecule is COc1cc(Nc2nc(SCC(=O)c3ccc(Cl)c(Cl)c3)nc3ccccc23)cc(OC)c1OC. The lowest BCUT2D eigenvalue weighted by Crippen LogP contribution is -2.04. The summed E-state index contributed by atoms with van der Waals surface area (Å²) in [5, 5.41) is 5.33. The van der Waals surface area contributed by atoms with Crippen molar-refractivity contribution in [3.8, 4) is 17.2 Å². The topological polar surface area (TPSA) is 82.6 Å². The lowest BCUT2D eigenvalue weighted by molar-refractivity contribution is 0.102. The Morgan fingerprint density at radius 1 is 0.914 bits per heavy atom. The van der Waals surface area contributed by atoms with Gasteiger partial charge in [0.25, 0.3) is 0 Å². The van der Waals surface area contributed by atoms with Gasteiger partial charge in [-0.05, 0) is 30.3 Å². The van der Waals surface area contributed by atoms with E-state index in [4.69, 9.17) is 37.4 Å². The Kier molecular flexibility index (Phi) is 7.85. The maximum atomic E-state index is 12.7. The van der Waals surface area contributed by atoms with Crippen LogP contribution in [0.4, 0.5) is 11.5 Å². The quantitative estimate of drug-likeness (QED) is 0.146. The van der Waals surface area contributed by atoms with Crippen LogP contribution in [0.1, 0.15) is 10.4 Å². The van der Waals surface area contributed by atoms with Crippen molar-refractivity contribution in [2.45, 2.75) is 5.16 Å². The Hall–Kier alpha value is -3.20. The fourth-order valence-corrected chi connectivity index (χ4v) is 4.43. The summed E-state index contributed by atoms with van der Waals surface area (Å²) in [6, 6.07) is 16.0. The average molecular weight is 530 g/mol. The second kappa shape index (κ2) is 11.0. The minimum Gasteiger partial charge on any atom is -0.493 e. The Balaban J connectivity index is 1.64. The second-order valence-corrected chi connectivity index (χ2v) is 9.01. The zero-order valence-corrected chi connectivity index (χ0v) is 21.4. The van der Waals surface area contributed by atoms with Crippen molar-refractivity contribution in [1.82, 2.24) is 9.97 Å². The number of hydrogen-bond acceptors (Lipinski definition) is 8. The number of fused-ring (bicyclic) bond motifs is 1. The van der Waals surface area contributed by atoms with Crippen molar-refractivity contribution in [2.75, 3.05) is 32.4 Å². The number of carbonyl (C=O) groups excluding carboxylic acids is 1. The molecule has 0 unspecified atom stereocenters. The van der Waals surface area contributed by atoms with E-state index in [0.29, 0.717) is 49.5 Å². The maximum Gasteiger partial charge on any atom is 0.203 e. The fourth-order valence-electron chi connectivity index (χ4n) is 3.39. The summed E-state index contributed by atoms with van der Waals surface area (Å²) < 4.78 is 16.3. The lowest BCUT2D eigenvalue weighted by atomic mass is 10.1. The van der Waals surface area contributed by atoms with Crippen molar-refractivity contribution in [3.05, 3.63) is 70.2 Å². The third-order valence-electron chi connectivity index (χ3n) is 5.08. The van der Waals surface area contributed by atoms with Gasteiger partial charge in [-0.2, -0.15) is 0 Å². The summed E-state index contributed by atoms with van der Waals surface area (Å²) in [6.45, 7) is 0. The average Bonchev–Trinajstić information content (AvgIpc) is 2.88. The standard InChI is InChI=1S/C25H21Cl2N3O4S/c1-32-21-11-15(12-22(33-2)23(21)34-3)28-24-16-6-4-5-7-19(16)29-25(30-24)35-13-20(31)14-8-9-17(26)18(27)10-14/h4-12H,13H2,1-3H3,(H,28,29,30). The molecule has 0 saturated carbocycles. The number of rotatable bonds is 9. The van der Waals surface area contributed by atoms with E-state index in [-0.39, 0.29) is 11.5 Å². The fraction of sp³-hybridized carbons (Fsp3) is 0.160. The molecule has 1 N–H and O–H groups in total. The van der Waals surface area contributed by atoms with Crippen LogP contribution in [0, 0.1) is 0 Å². The van der Waals surface area contributed by atoms with Crippen LogP contribution in [0.2, 0.25) is 10.0 Å². The molecular formula is C25H21Cl2N3O4S. The predicted octanol–water partition coefficient (Wildman–Crippen LogP) is 6.68. The zero-order valence-electron chi connectivity index (χ0n) is 19.1. The van der Waals surface area contributed by atoms with Gasteiger partial charge in [0, 0.05) is 28.8 Å². The van der Waals surface area contributed by atoms with Crippen LogP contribution >= 0.6 is 35.0 Å². The highest BCUT2D eigenvalue weighted by atomic mass is 35.5. The highest BCUT2D eigenvalue weighted by Crippen LogP contribution is 2.41. The molecule has 1 aromatic heterocycles. The molecule has 0 bridgehead atoms. The Morgan fingerprint density at radius 2 is 1.63 bits per heavy atom. The van der Waals surface area contributed by atoms with Crippen LogP contribution in [0.15, 0.2) is 59.8 Å². The van der Waals surface area contributed by atoms with Crippen LogP contribution in [0.3, 0.4) is 0 Å². The molecule has 0 spiro atoms. The smallest absolute Gasteiger partial charge is 0.203 e. The number of hydrogen-bond donors (Lipinski definition) is 1. The van der Waals surface area contributed by atoms with Crippen molar-refractivity contribution in [1.29, 1.82) is 0 Å². The number of benzene rings is 3. The molecule has 0 radical (unpaired) electrons. The van der Waals surface area contributed by atoms with E-state index in [2.05, 4.69) is 15.3 Å². The van der Waals surface area contributed by atoms with E-state index >= 15 is 0 Å². The van der Waals surface area contributed by atoms with Gasteiger partial charge in [0.2, 0.25) is 5.75 Å². The summed E-state index contributed by atoms with van der Waals surface area (Å²) in [5.41, 5.74) is 1.90. The zero-order chi connectivity index (χ0) is 24.9. The molecular weight excluding hydrogens is 509 g/mol. The number of methoxy groups -OCH3 is 3. The number of nitrogens with one attached hydrogen (secondary N) is 1. The molecule has 1 heterocycles. The first-order chi connectivity index (χ1) is 16.9. The van der Waals surface area contributed by atoms with Gasteiger partial charge in [-0.1, -0.05) is 47.1 Å². The van der Waals surface area contributed by atoms with E-state index in [1.807, 2.05) is 24.3 Å². The molecule has 0 atom stereocenters. The van der Waals surface area contributed by atoms with Gasteiger partial charge in [-0.15, -0.1) is 0 Å². The Morgan fingerprint density at radius 3 is 2.29 bits per heavy atom. The number of Topliss-reactive ketones (excluding diaryl/α,β-unsaturated/α-hetero) is 1. The van der Waals surface area contributed by atoms with Crippen molar-refractivity contribution in [3.63, 3.8) is 0 Å². The first-order valence-electron chi connectivity index (χ1n) is 10.4. The number of ketones is 1. The molecule has 180 valence electrons. The molecule has 0 aliphatic rings. The summed E-state index contributed by atoms with van der Waals surface area (Å²) in [4.78, 5) is 22.0. The molecule has 0 amide bonds. The predicted molar refractivity (Wildman–Crippen MR) is 140 cm³/mol. The number of aromatic nitrogens is 2. The van der Waals surface area contributed by atoms with E-state index in [9.17, 15) is 4.79 Å². The van der Waals surface area contributed by atoms with Gasteiger partial charge in [0.15, 0.2) is 22.4 Å². The first kappa shape index (κ1) is 24.9. The summed E-state index contributed by atoms with van der Waals surface area (Å²) in [5.74, 6) is 2.12. The van der Waals surface area contributed by atoms with Crippen molar-refractivity contribution >= 4 is 63.2 Å². The van der Waals surface area contributed by atoms with Gasteiger partial charge in [0.05, 0.1) is 42.6 Å². The van der Waals surface area contributed by atoms with E-state index < -0.39 is 0 Å². The summed E-state index contributed by atoms with van der Waals surface area (Å²) >= 11 is 13.2. The maximum absolute atomic E-state index is 12.7.